The Labute approximate surface area is 201 Å². The number of aromatic nitrogens is 2. The van der Waals surface area contributed by atoms with Crippen molar-refractivity contribution in [1.29, 1.82) is 0 Å². The van der Waals surface area contributed by atoms with E-state index in [4.69, 9.17) is 0 Å². The fourth-order valence-electron chi connectivity index (χ4n) is 5.58. The zero-order valence-corrected chi connectivity index (χ0v) is 20.0. The Hall–Kier alpha value is -2.99. The molecule has 2 aromatic heterocycles. The number of pyridine rings is 1. The number of fused-ring (bicyclic) bond motifs is 2. The molecular weight excluding hydrogens is 424 g/mol. The maximum Gasteiger partial charge on any atom is 0.253 e. The van der Waals surface area contributed by atoms with Gasteiger partial charge in [0.15, 0.2) is 5.78 Å². The Balaban J connectivity index is 1.07. The molecule has 0 unspecified atom stereocenters. The van der Waals surface area contributed by atoms with Crippen molar-refractivity contribution < 1.29 is 9.59 Å². The van der Waals surface area contributed by atoms with Gasteiger partial charge in [-0.3, -0.25) is 9.59 Å². The minimum Gasteiger partial charge on any atom is -0.349 e. The van der Waals surface area contributed by atoms with Crippen LogP contribution in [-0.4, -0.2) is 52.2 Å². The van der Waals surface area contributed by atoms with Crippen LogP contribution in [0.25, 0.3) is 11.0 Å². The number of aromatic amines is 1. The Morgan fingerprint density at radius 1 is 1.09 bits per heavy atom. The molecule has 0 atom stereocenters. The number of carbonyl (C=O) groups is 2. The summed E-state index contributed by atoms with van der Waals surface area (Å²) in [5.74, 6) is 0.884. The number of benzene rings is 1. The van der Waals surface area contributed by atoms with Crippen LogP contribution < -0.4 is 5.32 Å². The third-order valence-electron chi connectivity index (χ3n) is 7.74. The van der Waals surface area contributed by atoms with Gasteiger partial charge in [0.2, 0.25) is 0 Å². The van der Waals surface area contributed by atoms with Gasteiger partial charge in [0.25, 0.3) is 5.91 Å². The first-order valence-electron chi connectivity index (χ1n) is 12.6. The van der Waals surface area contributed by atoms with Crippen LogP contribution in [0.2, 0.25) is 0 Å². The second kappa shape index (κ2) is 10.1. The second-order valence-electron chi connectivity index (χ2n) is 9.96. The Kier molecular flexibility index (Phi) is 6.77. The molecule has 1 aliphatic carbocycles. The lowest BCUT2D eigenvalue weighted by atomic mass is 9.84. The summed E-state index contributed by atoms with van der Waals surface area (Å²) in [6.07, 6.45) is 11.3. The molecule has 1 saturated carbocycles. The lowest BCUT2D eigenvalue weighted by Crippen LogP contribution is -2.38. The number of carbonyl (C=O) groups excluding carboxylic acids is 2. The molecule has 1 fully saturated rings. The molecule has 1 aliphatic heterocycles. The van der Waals surface area contributed by atoms with Crippen LogP contribution in [0.5, 0.6) is 0 Å². The van der Waals surface area contributed by atoms with E-state index in [1.807, 2.05) is 18.2 Å². The molecule has 2 N–H and O–H groups in total. The summed E-state index contributed by atoms with van der Waals surface area (Å²) in [5, 5.41) is 4.13. The SMILES string of the molecule is CC(=O)c1ccc2c(c1)CCN(CCC1CCC(NC(=O)c3c[nH]c4ncccc34)CC1)CC2. The number of hydrogen-bond acceptors (Lipinski definition) is 4. The molecule has 0 spiro atoms. The highest BCUT2D eigenvalue weighted by atomic mass is 16.1. The number of Topliss-reactive ketones (excluding diaryl/α,β-unsaturated/α-hetero) is 1. The average Bonchev–Trinajstić information content (AvgIpc) is 3.18. The van der Waals surface area contributed by atoms with Gasteiger partial charge >= 0.3 is 0 Å². The van der Waals surface area contributed by atoms with E-state index in [0.29, 0.717) is 5.56 Å². The molecule has 2 aliphatic rings. The van der Waals surface area contributed by atoms with E-state index in [2.05, 4.69) is 32.3 Å². The molecule has 0 radical (unpaired) electrons. The number of ketones is 1. The summed E-state index contributed by atoms with van der Waals surface area (Å²) in [5.41, 5.74) is 5.01. The first-order valence-corrected chi connectivity index (χ1v) is 12.6. The summed E-state index contributed by atoms with van der Waals surface area (Å²) < 4.78 is 0. The Morgan fingerprint density at radius 3 is 2.68 bits per heavy atom. The van der Waals surface area contributed by atoms with Gasteiger partial charge in [0.1, 0.15) is 5.65 Å². The third kappa shape index (κ3) is 5.07. The lowest BCUT2D eigenvalue weighted by molar-refractivity contribution is 0.0921. The predicted molar refractivity (Wildman–Crippen MR) is 134 cm³/mol. The smallest absolute Gasteiger partial charge is 0.253 e. The van der Waals surface area contributed by atoms with Gasteiger partial charge in [-0.1, -0.05) is 12.1 Å². The first kappa shape index (κ1) is 22.8. The summed E-state index contributed by atoms with van der Waals surface area (Å²) in [7, 11) is 0. The fraction of sp³-hybridized carbons (Fsp3) is 0.464. The molecule has 3 heterocycles. The van der Waals surface area contributed by atoms with Gasteiger partial charge in [-0.05, 0) is 93.7 Å². The van der Waals surface area contributed by atoms with E-state index in [1.165, 1.54) is 30.4 Å². The van der Waals surface area contributed by atoms with Crippen molar-refractivity contribution in [2.24, 2.45) is 5.92 Å². The van der Waals surface area contributed by atoms with Crippen molar-refractivity contribution in [3.05, 3.63) is 65.0 Å². The minimum absolute atomic E-state index is 0.000219. The molecule has 34 heavy (non-hydrogen) atoms. The van der Waals surface area contributed by atoms with E-state index < -0.39 is 0 Å². The lowest BCUT2D eigenvalue weighted by Gasteiger charge is -2.30. The molecule has 6 heteroatoms. The average molecular weight is 459 g/mol. The molecule has 0 bridgehead atoms. The third-order valence-corrected chi connectivity index (χ3v) is 7.74. The van der Waals surface area contributed by atoms with Crippen LogP contribution in [0.1, 0.15) is 70.9 Å². The monoisotopic (exact) mass is 458 g/mol. The first-order chi connectivity index (χ1) is 16.6. The van der Waals surface area contributed by atoms with E-state index in [1.54, 1.807) is 19.3 Å². The highest BCUT2D eigenvalue weighted by Crippen LogP contribution is 2.28. The van der Waals surface area contributed by atoms with E-state index in [-0.39, 0.29) is 17.7 Å². The number of nitrogens with zero attached hydrogens (tertiary/aromatic N) is 2. The van der Waals surface area contributed by atoms with Crippen LogP contribution in [0, 0.1) is 5.92 Å². The molecule has 178 valence electrons. The van der Waals surface area contributed by atoms with Gasteiger partial charge in [-0.15, -0.1) is 0 Å². The molecule has 3 aromatic rings. The Bertz CT molecular complexity index is 1180. The quantitative estimate of drug-likeness (QED) is 0.532. The van der Waals surface area contributed by atoms with E-state index in [0.717, 1.165) is 67.8 Å². The van der Waals surface area contributed by atoms with Crippen molar-refractivity contribution in [3.63, 3.8) is 0 Å². The maximum atomic E-state index is 12.8. The largest absolute Gasteiger partial charge is 0.349 e. The number of hydrogen-bond donors (Lipinski definition) is 2. The van der Waals surface area contributed by atoms with Crippen molar-refractivity contribution in [3.8, 4) is 0 Å². The number of rotatable bonds is 6. The zero-order valence-electron chi connectivity index (χ0n) is 20.0. The fourth-order valence-corrected chi connectivity index (χ4v) is 5.58. The zero-order chi connectivity index (χ0) is 23.5. The van der Waals surface area contributed by atoms with Crippen molar-refractivity contribution in [2.75, 3.05) is 19.6 Å². The molecule has 5 rings (SSSR count). The maximum absolute atomic E-state index is 12.8. The highest BCUT2D eigenvalue weighted by molar-refractivity contribution is 6.06. The number of amides is 1. The van der Waals surface area contributed by atoms with Gasteiger partial charge in [-0.2, -0.15) is 0 Å². The summed E-state index contributed by atoms with van der Waals surface area (Å²) in [6, 6.07) is 10.3. The molecule has 1 aromatic carbocycles. The van der Waals surface area contributed by atoms with Crippen LogP contribution in [0.15, 0.2) is 42.7 Å². The highest BCUT2D eigenvalue weighted by Gasteiger charge is 2.24. The van der Waals surface area contributed by atoms with Gasteiger partial charge in [-0.25, -0.2) is 4.98 Å². The predicted octanol–water partition coefficient (Wildman–Crippen LogP) is 4.55. The second-order valence-corrected chi connectivity index (χ2v) is 9.96. The molecule has 0 saturated heterocycles. The standard InChI is InChI=1S/C28H34N4O2/c1-19(33)22-7-6-21-11-15-32(16-12-23(21)17-22)14-10-20-4-8-24(9-5-20)31-28(34)26-18-30-27-25(26)3-2-13-29-27/h2-3,6-7,13,17-18,20,24H,4-5,8-12,14-16H2,1H3,(H,29,30)(H,31,34). The van der Waals surface area contributed by atoms with Crippen molar-refractivity contribution in [2.45, 2.75) is 57.9 Å². The van der Waals surface area contributed by atoms with Gasteiger partial charge < -0.3 is 15.2 Å². The van der Waals surface area contributed by atoms with E-state index >= 15 is 0 Å². The normalized spacial score (nSPS) is 21.1. The molecule has 1 amide bonds. The summed E-state index contributed by atoms with van der Waals surface area (Å²) in [4.78, 5) is 34.5. The molecular formula is C28H34N4O2. The summed E-state index contributed by atoms with van der Waals surface area (Å²) in [6.45, 7) is 4.94. The van der Waals surface area contributed by atoms with Gasteiger partial charge in [0, 0.05) is 42.5 Å². The van der Waals surface area contributed by atoms with E-state index in [9.17, 15) is 9.59 Å². The van der Waals surface area contributed by atoms with Crippen LogP contribution in [0.3, 0.4) is 0 Å². The Morgan fingerprint density at radius 2 is 1.88 bits per heavy atom. The number of H-pyrrole nitrogens is 1. The molecule has 6 nitrogen and oxygen atoms in total. The van der Waals surface area contributed by atoms with Gasteiger partial charge in [0.05, 0.1) is 5.56 Å². The van der Waals surface area contributed by atoms with Crippen LogP contribution in [0.4, 0.5) is 0 Å². The topological polar surface area (TPSA) is 78.1 Å². The minimum atomic E-state index is -0.000219. The van der Waals surface area contributed by atoms with Crippen molar-refractivity contribution >= 4 is 22.7 Å². The summed E-state index contributed by atoms with van der Waals surface area (Å²) >= 11 is 0. The van der Waals surface area contributed by atoms with Crippen LogP contribution in [-0.2, 0) is 12.8 Å². The van der Waals surface area contributed by atoms with Crippen LogP contribution >= 0.6 is 0 Å². The van der Waals surface area contributed by atoms with Crippen molar-refractivity contribution in [1.82, 2.24) is 20.2 Å². The number of nitrogens with one attached hydrogen (secondary N) is 2.